The fourth-order valence-corrected chi connectivity index (χ4v) is 7.19. The summed E-state index contributed by atoms with van der Waals surface area (Å²) in [6.45, 7) is 5.76. The van der Waals surface area contributed by atoms with Crippen LogP contribution in [-0.2, 0) is 21.2 Å². The number of pyridine rings is 1. The van der Waals surface area contributed by atoms with E-state index in [0.717, 1.165) is 46.4 Å². The van der Waals surface area contributed by atoms with Crippen LogP contribution in [0.15, 0.2) is 58.5 Å². The quantitative estimate of drug-likeness (QED) is 0.505. The minimum Gasteiger partial charge on any atom is -0.311 e. The van der Waals surface area contributed by atoms with Gasteiger partial charge in [0.1, 0.15) is 0 Å². The molecule has 172 valence electrons. The molecule has 0 bridgehead atoms. The third kappa shape index (κ3) is 4.16. The average Bonchev–Trinajstić information content (AvgIpc) is 3.49. The average molecular weight is 482 g/mol. The van der Waals surface area contributed by atoms with Crippen LogP contribution in [0.5, 0.6) is 0 Å². The topological polar surface area (TPSA) is 70.6 Å². The molecule has 1 fully saturated rings. The number of para-hydroxylation sites is 1. The number of thioether (sulfide) groups is 1. The summed E-state index contributed by atoms with van der Waals surface area (Å²) < 4.78 is 27.5. The maximum Gasteiger partial charge on any atom is 0.243 e. The SMILES string of the molecule is Cc1cc(S[C@@H](C)C(=O)N2CCc3ccccc32)nc2ccc(S(=O)(=O)N3CCCC3)cc12. The zero-order chi connectivity index (χ0) is 23.2. The van der Waals surface area contributed by atoms with Gasteiger partial charge in [0.05, 0.1) is 20.7 Å². The Kier molecular flexibility index (Phi) is 5.93. The van der Waals surface area contributed by atoms with E-state index in [9.17, 15) is 13.2 Å². The molecule has 2 aliphatic rings. The summed E-state index contributed by atoms with van der Waals surface area (Å²) in [6.07, 6.45) is 2.71. The Balaban J connectivity index is 1.38. The second-order valence-electron chi connectivity index (χ2n) is 8.70. The maximum atomic E-state index is 13.1. The summed E-state index contributed by atoms with van der Waals surface area (Å²) in [5, 5.41) is 1.31. The molecule has 0 N–H and O–H groups in total. The predicted octanol–water partition coefficient (Wildman–Crippen LogP) is 4.40. The number of carbonyl (C=O) groups excluding carboxylic acids is 1. The van der Waals surface area contributed by atoms with Crippen molar-refractivity contribution in [1.29, 1.82) is 0 Å². The Morgan fingerprint density at radius 1 is 1.06 bits per heavy atom. The van der Waals surface area contributed by atoms with Crippen molar-refractivity contribution >= 4 is 44.3 Å². The van der Waals surface area contributed by atoms with Crippen molar-refractivity contribution in [2.45, 2.75) is 48.3 Å². The van der Waals surface area contributed by atoms with E-state index < -0.39 is 10.0 Å². The van der Waals surface area contributed by atoms with Crippen molar-refractivity contribution < 1.29 is 13.2 Å². The van der Waals surface area contributed by atoms with E-state index in [1.54, 1.807) is 22.5 Å². The number of anilines is 1. The highest BCUT2D eigenvalue weighted by Gasteiger charge is 2.29. The van der Waals surface area contributed by atoms with Crippen LogP contribution in [-0.4, -0.2) is 48.5 Å². The van der Waals surface area contributed by atoms with Crippen LogP contribution < -0.4 is 4.90 Å². The highest BCUT2D eigenvalue weighted by Crippen LogP contribution is 2.33. The van der Waals surface area contributed by atoms with Gasteiger partial charge in [0.2, 0.25) is 15.9 Å². The number of hydrogen-bond donors (Lipinski definition) is 0. The monoisotopic (exact) mass is 481 g/mol. The lowest BCUT2D eigenvalue weighted by Crippen LogP contribution is -2.35. The number of fused-ring (bicyclic) bond motifs is 2. The van der Waals surface area contributed by atoms with Crippen LogP contribution in [0.1, 0.15) is 30.9 Å². The Morgan fingerprint density at radius 2 is 1.82 bits per heavy atom. The first-order chi connectivity index (χ1) is 15.8. The lowest BCUT2D eigenvalue weighted by molar-refractivity contribution is -0.117. The molecular weight excluding hydrogens is 454 g/mol. The summed E-state index contributed by atoms with van der Waals surface area (Å²) in [5.41, 5.74) is 3.91. The summed E-state index contributed by atoms with van der Waals surface area (Å²) in [4.78, 5) is 20.1. The number of nitrogens with zero attached hydrogens (tertiary/aromatic N) is 3. The molecule has 0 spiro atoms. The van der Waals surface area contributed by atoms with Gasteiger partial charge >= 0.3 is 0 Å². The Morgan fingerprint density at radius 3 is 2.61 bits per heavy atom. The number of hydrogen-bond acceptors (Lipinski definition) is 5. The summed E-state index contributed by atoms with van der Waals surface area (Å²) in [6, 6.07) is 15.2. The molecule has 2 aromatic carbocycles. The second kappa shape index (κ2) is 8.74. The van der Waals surface area contributed by atoms with Gasteiger partial charge in [-0.2, -0.15) is 4.31 Å². The van der Waals surface area contributed by atoms with E-state index in [1.165, 1.54) is 17.3 Å². The van der Waals surface area contributed by atoms with Gasteiger partial charge in [-0.3, -0.25) is 4.79 Å². The van der Waals surface area contributed by atoms with Crippen molar-refractivity contribution in [3.8, 4) is 0 Å². The highest BCUT2D eigenvalue weighted by atomic mass is 32.2. The Labute approximate surface area is 199 Å². The summed E-state index contributed by atoms with van der Waals surface area (Å²) in [5.74, 6) is 0.0801. The number of rotatable bonds is 5. The van der Waals surface area contributed by atoms with E-state index in [4.69, 9.17) is 4.98 Å². The molecule has 1 amide bonds. The number of sulfonamides is 1. The van der Waals surface area contributed by atoms with Crippen LogP contribution in [0.25, 0.3) is 10.9 Å². The summed E-state index contributed by atoms with van der Waals surface area (Å²) in [7, 11) is -3.47. The molecule has 2 aliphatic heterocycles. The smallest absolute Gasteiger partial charge is 0.243 e. The van der Waals surface area contributed by atoms with Gasteiger partial charge in [-0.15, -0.1) is 0 Å². The predicted molar refractivity (Wildman–Crippen MR) is 132 cm³/mol. The molecule has 6 nitrogen and oxygen atoms in total. The van der Waals surface area contributed by atoms with Crippen LogP contribution in [0.3, 0.4) is 0 Å². The van der Waals surface area contributed by atoms with Gasteiger partial charge in [0, 0.05) is 30.7 Å². The number of aromatic nitrogens is 1. The minimum atomic E-state index is -3.47. The van der Waals surface area contributed by atoms with Gasteiger partial charge in [0.25, 0.3) is 0 Å². The lowest BCUT2D eigenvalue weighted by Gasteiger charge is -2.21. The maximum absolute atomic E-state index is 13.1. The fraction of sp³-hybridized carbons (Fsp3) is 0.360. The number of carbonyl (C=O) groups is 1. The molecule has 3 heterocycles. The molecule has 1 aromatic heterocycles. The zero-order valence-electron chi connectivity index (χ0n) is 18.8. The molecule has 1 saturated heterocycles. The molecule has 0 radical (unpaired) electrons. The molecule has 0 unspecified atom stereocenters. The van der Waals surface area contributed by atoms with Gasteiger partial charge in [0.15, 0.2) is 0 Å². The molecule has 3 aromatic rings. The zero-order valence-corrected chi connectivity index (χ0v) is 20.5. The van der Waals surface area contributed by atoms with E-state index in [0.29, 0.717) is 24.5 Å². The van der Waals surface area contributed by atoms with Crippen LogP contribution in [0, 0.1) is 6.92 Å². The van der Waals surface area contributed by atoms with Crippen molar-refractivity contribution in [2.24, 2.45) is 0 Å². The lowest BCUT2D eigenvalue weighted by atomic mass is 10.1. The van der Waals surface area contributed by atoms with Crippen molar-refractivity contribution in [2.75, 3.05) is 24.5 Å². The van der Waals surface area contributed by atoms with E-state index in [2.05, 4.69) is 6.07 Å². The summed E-state index contributed by atoms with van der Waals surface area (Å²) >= 11 is 1.44. The Hall–Kier alpha value is -2.42. The van der Waals surface area contributed by atoms with E-state index in [-0.39, 0.29) is 11.2 Å². The van der Waals surface area contributed by atoms with Crippen molar-refractivity contribution in [3.63, 3.8) is 0 Å². The standard InChI is InChI=1S/C25H27N3O3S2/c1-17-15-24(32-18(2)25(29)28-14-11-19-7-3-4-8-23(19)28)26-22-10-9-20(16-21(17)22)33(30,31)27-12-5-6-13-27/h3-4,7-10,15-16,18H,5-6,11-14H2,1-2H3/t18-/m0/s1. The van der Waals surface area contributed by atoms with Gasteiger partial charge < -0.3 is 4.90 Å². The van der Waals surface area contributed by atoms with Crippen molar-refractivity contribution in [3.05, 3.63) is 59.7 Å². The Bertz CT molecular complexity index is 1330. The molecule has 5 rings (SSSR count). The molecule has 0 saturated carbocycles. The number of benzene rings is 2. The normalized spacial score (nSPS) is 17.5. The fourth-order valence-electron chi connectivity index (χ4n) is 4.66. The number of aryl methyl sites for hydroxylation is 1. The van der Waals surface area contributed by atoms with Crippen LogP contribution >= 0.6 is 11.8 Å². The number of amides is 1. The molecule has 33 heavy (non-hydrogen) atoms. The van der Waals surface area contributed by atoms with Crippen LogP contribution in [0.2, 0.25) is 0 Å². The third-order valence-electron chi connectivity index (χ3n) is 6.46. The minimum absolute atomic E-state index is 0.0801. The van der Waals surface area contributed by atoms with E-state index in [1.807, 2.05) is 43.0 Å². The van der Waals surface area contributed by atoms with Gasteiger partial charge in [-0.05, 0) is 74.6 Å². The van der Waals surface area contributed by atoms with Crippen molar-refractivity contribution in [1.82, 2.24) is 9.29 Å². The first-order valence-electron chi connectivity index (χ1n) is 11.3. The second-order valence-corrected chi connectivity index (χ2v) is 12.0. The van der Waals surface area contributed by atoms with Gasteiger partial charge in [-0.1, -0.05) is 30.0 Å². The van der Waals surface area contributed by atoms with Crippen LogP contribution in [0.4, 0.5) is 5.69 Å². The first-order valence-corrected chi connectivity index (χ1v) is 13.6. The molecule has 1 atom stereocenters. The first kappa shape index (κ1) is 22.4. The highest BCUT2D eigenvalue weighted by molar-refractivity contribution is 8.00. The molecule has 0 aliphatic carbocycles. The molecule has 8 heteroatoms. The van der Waals surface area contributed by atoms with E-state index >= 15 is 0 Å². The largest absolute Gasteiger partial charge is 0.311 e. The molecular formula is C25H27N3O3S2. The third-order valence-corrected chi connectivity index (χ3v) is 9.37. The van der Waals surface area contributed by atoms with Gasteiger partial charge in [-0.25, -0.2) is 13.4 Å².